The molecule has 0 aromatic heterocycles. The molecular weight excluding hydrogens is 286 g/mol. The van der Waals surface area contributed by atoms with Gasteiger partial charge in [-0.2, -0.15) is 11.8 Å². The van der Waals surface area contributed by atoms with Crippen LogP contribution in [0.4, 0.5) is 0 Å². The monoisotopic (exact) mass is 307 g/mol. The van der Waals surface area contributed by atoms with Crippen LogP contribution in [-0.2, 0) is 16.0 Å². The van der Waals surface area contributed by atoms with E-state index in [4.69, 9.17) is 5.11 Å². The van der Waals surface area contributed by atoms with Gasteiger partial charge in [-0.3, -0.25) is 9.59 Å². The molecule has 1 aliphatic heterocycles. The topological polar surface area (TPSA) is 57.6 Å². The van der Waals surface area contributed by atoms with Gasteiger partial charge in [0.2, 0.25) is 5.91 Å². The fourth-order valence-corrected chi connectivity index (χ4v) is 3.80. The number of benzene rings is 1. The molecule has 1 amide bonds. The number of aryl methyl sites for hydroxylation is 2. The summed E-state index contributed by atoms with van der Waals surface area (Å²) in [4.78, 5) is 25.3. The quantitative estimate of drug-likeness (QED) is 0.927. The summed E-state index contributed by atoms with van der Waals surface area (Å²) in [5, 5.41) is 9.00. The van der Waals surface area contributed by atoms with E-state index in [9.17, 15) is 9.59 Å². The number of thioether (sulfide) groups is 1. The zero-order valence-corrected chi connectivity index (χ0v) is 13.3. The number of aliphatic carboxylic acids is 1. The lowest BCUT2D eigenvalue weighted by Crippen LogP contribution is -2.47. The summed E-state index contributed by atoms with van der Waals surface area (Å²) in [5.74, 6) is 0.797. The number of nitrogens with zero attached hydrogens (tertiary/aromatic N) is 1. The highest BCUT2D eigenvalue weighted by Crippen LogP contribution is 2.22. The van der Waals surface area contributed by atoms with Crippen LogP contribution in [0.5, 0.6) is 0 Å². The van der Waals surface area contributed by atoms with Gasteiger partial charge < -0.3 is 10.0 Å². The van der Waals surface area contributed by atoms with Gasteiger partial charge in [-0.25, -0.2) is 0 Å². The maximum atomic E-state index is 12.6. The summed E-state index contributed by atoms with van der Waals surface area (Å²) < 4.78 is 0. The minimum Gasteiger partial charge on any atom is -0.481 e. The van der Waals surface area contributed by atoms with Crippen molar-refractivity contribution in [2.24, 2.45) is 0 Å². The molecule has 1 unspecified atom stereocenters. The zero-order chi connectivity index (χ0) is 15.4. The van der Waals surface area contributed by atoms with Crippen molar-refractivity contribution in [3.8, 4) is 0 Å². The molecule has 0 saturated carbocycles. The van der Waals surface area contributed by atoms with Crippen LogP contribution in [0.2, 0.25) is 0 Å². The Hall–Kier alpha value is -1.49. The van der Waals surface area contributed by atoms with Gasteiger partial charge in [0.05, 0.1) is 18.9 Å². The van der Waals surface area contributed by atoms with Crippen LogP contribution in [0.15, 0.2) is 18.2 Å². The largest absolute Gasteiger partial charge is 0.481 e. The lowest BCUT2D eigenvalue weighted by Gasteiger charge is -2.35. The van der Waals surface area contributed by atoms with Gasteiger partial charge in [0, 0.05) is 18.1 Å². The first-order valence-electron chi connectivity index (χ1n) is 7.13. The van der Waals surface area contributed by atoms with Crippen molar-refractivity contribution in [2.75, 3.05) is 18.1 Å². The molecule has 1 saturated heterocycles. The van der Waals surface area contributed by atoms with E-state index in [2.05, 4.69) is 0 Å². The van der Waals surface area contributed by atoms with E-state index < -0.39 is 5.97 Å². The Balaban J connectivity index is 2.12. The molecule has 5 heteroatoms. The molecule has 0 aliphatic carbocycles. The minimum absolute atomic E-state index is 0.0332. The molecule has 1 N–H and O–H groups in total. The van der Waals surface area contributed by atoms with Crippen molar-refractivity contribution in [3.05, 3.63) is 34.9 Å². The van der Waals surface area contributed by atoms with E-state index in [1.807, 2.05) is 32.0 Å². The molecule has 0 spiro atoms. The molecule has 1 aromatic carbocycles. The standard InChI is InChI=1S/C16H21NO3S/c1-11-4-3-5-12(2)14(11)9-15(18)17-6-7-21-10-13(17)8-16(19)20/h3-5,13H,6-10H2,1-2H3,(H,19,20). The van der Waals surface area contributed by atoms with Crippen molar-refractivity contribution in [3.63, 3.8) is 0 Å². The molecule has 0 radical (unpaired) electrons. The normalized spacial score (nSPS) is 18.6. The van der Waals surface area contributed by atoms with E-state index in [1.54, 1.807) is 16.7 Å². The maximum Gasteiger partial charge on any atom is 0.305 e. The van der Waals surface area contributed by atoms with Crippen molar-refractivity contribution >= 4 is 23.6 Å². The molecule has 4 nitrogen and oxygen atoms in total. The third-order valence-corrected chi connectivity index (χ3v) is 5.02. The lowest BCUT2D eigenvalue weighted by atomic mass is 9.99. The first-order valence-corrected chi connectivity index (χ1v) is 8.28. The summed E-state index contributed by atoms with van der Waals surface area (Å²) in [7, 11) is 0. The molecular formula is C16H21NO3S. The second kappa shape index (κ2) is 6.98. The lowest BCUT2D eigenvalue weighted by molar-refractivity contribution is -0.140. The van der Waals surface area contributed by atoms with Crippen LogP contribution in [-0.4, -0.2) is 46.0 Å². The summed E-state index contributed by atoms with van der Waals surface area (Å²) >= 11 is 1.72. The fourth-order valence-electron chi connectivity index (χ4n) is 2.73. The van der Waals surface area contributed by atoms with Crippen LogP contribution in [0, 0.1) is 13.8 Å². The van der Waals surface area contributed by atoms with Crippen molar-refractivity contribution in [1.29, 1.82) is 0 Å². The van der Waals surface area contributed by atoms with E-state index in [-0.39, 0.29) is 18.4 Å². The first kappa shape index (κ1) is 15.9. The van der Waals surface area contributed by atoms with Crippen molar-refractivity contribution in [2.45, 2.75) is 32.7 Å². The van der Waals surface area contributed by atoms with Crippen LogP contribution >= 0.6 is 11.8 Å². The molecule has 1 heterocycles. The Bertz CT molecular complexity index is 524. The number of carboxylic acids is 1. The Labute approximate surface area is 129 Å². The predicted octanol–water partition coefficient (Wildman–Crippen LogP) is 2.26. The molecule has 1 atom stereocenters. The number of amides is 1. The average molecular weight is 307 g/mol. The Morgan fingerprint density at radius 3 is 2.62 bits per heavy atom. The molecule has 1 aliphatic rings. The van der Waals surface area contributed by atoms with Crippen LogP contribution in [0.3, 0.4) is 0 Å². The highest BCUT2D eigenvalue weighted by atomic mass is 32.2. The molecule has 114 valence electrons. The molecule has 2 rings (SSSR count). The number of carbonyl (C=O) groups is 2. The number of hydrogen-bond donors (Lipinski definition) is 1. The number of hydrogen-bond acceptors (Lipinski definition) is 3. The number of carboxylic acid groups (broad SMARTS) is 1. The maximum absolute atomic E-state index is 12.6. The van der Waals surface area contributed by atoms with Crippen LogP contribution in [0.1, 0.15) is 23.1 Å². The van der Waals surface area contributed by atoms with Gasteiger partial charge in [-0.1, -0.05) is 18.2 Å². The van der Waals surface area contributed by atoms with Crippen LogP contribution in [0.25, 0.3) is 0 Å². The smallest absolute Gasteiger partial charge is 0.305 e. The van der Waals surface area contributed by atoms with Gasteiger partial charge in [0.25, 0.3) is 0 Å². The molecule has 21 heavy (non-hydrogen) atoms. The second-order valence-electron chi connectivity index (χ2n) is 5.46. The highest BCUT2D eigenvalue weighted by Gasteiger charge is 2.29. The fraction of sp³-hybridized carbons (Fsp3) is 0.500. The van der Waals surface area contributed by atoms with Crippen molar-refractivity contribution in [1.82, 2.24) is 4.90 Å². The summed E-state index contributed by atoms with van der Waals surface area (Å²) in [6, 6.07) is 5.83. The number of rotatable bonds is 4. The van der Waals surface area contributed by atoms with Gasteiger partial charge >= 0.3 is 5.97 Å². The zero-order valence-electron chi connectivity index (χ0n) is 12.5. The molecule has 0 bridgehead atoms. The van der Waals surface area contributed by atoms with E-state index in [1.165, 1.54) is 0 Å². The average Bonchev–Trinajstić information content (AvgIpc) is 2.43. The van der Waals surface area contributed by atoms with E-state index in [0.29, 0.717) is 18.7 Å². The Kier molecular flexibility index (Phi) is 5.28. The third kappa shape index (κ3) is 4.00. The SMILES string of the molecule is Cc1cccc(C)c1CC(=O)N1CCSCC1CC(=O)O. The highest BCUT2D eigenvalue weighted by molar-refractivity contribution is 7.99. The summed E-state index contributed by atoms with van der Waals surface area (Å²) in [6.45, 7) is 4.67. The predicted molar refractivity (Wildman–Crippen MR) is 84.7 cm³/mol. The Morgan fingerprint density at radius 1 is 1.33 bits per heavy atom. The molecule has 1 fully saturated rings. The second-order valence-corrected chi connectivity index (χ2v) is 6.61. The molecule has 1 aromatic rings. The minimum atomic E-state index is -0.840. The van der Waals surface area contributed by atoms with Crippen LogP contribution < -0.4 is 0 Å². The summed E-state index contributed by atoms with van der Waals surface area (Å²) in [6.07, 6.45) is 0.394. The van der Waals surface area contributed by atoms with Gasteiger partial charge in [-0.05, 0) is 30.5 Å². The van der Waals surface area contributed by atoms with E-state index in [0.717, 1.165) is 22.4 Å². The van der Waals surface area contributed by atoms with Gasteiger partial charge in [0.1, 0.15) is 0 Å². The van der Waals surface area contributed by atoms with Gasteiger partial charge in [-0.15, -0.1) is 0 Å². The summed E-state index contributed by atoms with van der Waals surface area (Å²) in [5.41, 5.74) is 3.30. The third-order valence-electron chi connectivity index (χ3n) is 3.93. The Morgan fingerprint density at radius 2 is 2.00 bits per heavy atom. The van der Waals surface area contributed by atoms with E-state index >= 15 is 0 Å². The number of carbonyl (C=O) groups excluding carboxylic acids is 1. The van der Waals surface area contributed by atoms with Crippen molar-refractivity contribution < 1.29 is 14.7 Å². The first-order chi connectivity index (χ1) is 9.99. The van der Waals surface area contributed by atoms with Gasteiger partial charge in [0.15, 0.2) is 0 Å².